The van der Waals surface area contributed by atoms with Crippen LogP contribution in [0.5, 0.6) is 0 Å². The van der Waals surface area contributed by atoms with Crippen molar-refractivity contribution in [1.29, 1.82) is 0 Å². The van der Waals surface area contributed by atoms with E-state index >= 15 is 0 Å². The predicted molar refractivity (Wildman–Crippen MR) is 57.0 cm³/mol. The van der Waals surface area contributed by atoms with Crippen molar-refractivity contribution in [3.05, 3.63) is 35.9 Å². The van der Waals surface area contributed by atoms with Gasteiger partial charge in [-0.3, -0.25) is 9.59 Å². The Labute approximate surface area is 93.2 Å². The van der Waals surface area contributed by atoms with Crippen molar-refractivity contribution in [3.63, 3.8) is 0 Å². The summed E-state index contributed by atoms with van der Waals surface area (Å²) >= 11 is 0. The van der Waals surface area contributed by atoms with Crippen molar-refractivity contribution < 1.29 is 19.1 Å². The van der Waals surface area contributed by atoms with Crippen LogP contribution in [0, 0.1) is 5.92 Å². The van der Waals surface area contributed by atoms with E-state index in [1.807, 2.05) is 0 Å². The zero-order valence-electron chi connectivity index (χ0n) is 8.88. The molecule has 0 saturated carbocycles. The van der Waals surface area contributed by atoms with Crippen molar-refractivity contribution >= 4 is 18.0 Å². The number of hydrogen-bond acceptors (Lipinski definition) is 4. The molecule has 1 atom stereocenters. The molecule has 0 heterocycles. The summed E-state index contributed by atoms with van der Waals surface area (Å²) in [5, 5.41) is 0. The second-order valence-electron chi connectivity index (χ2n) is 3.10. The number of aldehydes is 1. The van der Waals surface area contributed by atoms with Crippen molar-refractivity contribution in [2.75, 3.05) is 6.61 Å². The number of Topliss-reactive ketones (excluding diaryl/α,β-unsaturated/α-hetero) is 1. The first-order valence-electron chi connectivity index (χ1n) is 4.92. The van der Waals surface area contributed by atoms with Gasteiger partial charge in [-0.25, -0.2) is 0 Å². The van der Waals surface area contributed by atoms with E-state index in [0.29, 0.717) is 11.8 Å². The van der Waals surface area contributed by atoms with Crippen molar-refractivity contribution in [3.8, 4) is 0 Å². The van der Waals surface area contributed by atoms with Gasteiger partial charge in [0.15, 0.2) is 11.7 Å². The van der Waals surface area contributed by atoms with E-state index in [4.69, 9.17) is 0 Å². The van der Waals surface area contributed by atoms with Crippen LogP contribution < -0.4 is 0 Å². The lowest BCUT2D eigenvalue weighted by Gasteiger charge is -2.08. The van der Waals surface area contributed by atoms with Gasteiger partial charge in [0, 0.05) is 5.56 Å². The lowest BCUT2D eigenvalue weighted by molar-refractivity contribution is -0.147. The molecule has 0 aliphatic rings. The van der Waals surface area contributed by atoms with Crippen molar-refractivity contribution in [2.45, 2.75) is 6.92 Å². The molecular formula is C12H12O4. The number of ketones is 1. The molecule has 0 saturated heterocycles. The first-order valence-corrected chi connectivity index (χ1v) is 4.92. The third-order valence-corrected chi connectivity index (χ3v) is 2.02. The number of rotatable bonds is 5. The van der Waals surface area contributed by atoms with Crippen LogP contribution in [-0.4, -0.2) is 24.6 Å². The van der Waals surface area contributed by atoms with Gasteiger partial charge in [0.2, 0.25) is 0 Å². The van der Waals surface area contributed by atoms with Gasteiger partial charge in [0.25, 0.3) is 0 Å². The number of carbonyl (C=O) groups is 3. The number of ether oxygens (including phenoxy) is 1. The summed E-state index contributed by atoms with van der Waals surface area (Å²) in [6.45, 7) is 1.76. The van der Waals surface area contributed by atoms with E-state index in [1.165, 1.54) is 0 Å². The third-order valence-electron chi connectivity index (χ3n) is 2.02. The van der Waals surface area contributed by atoms with Gasteiger partial charge in [-0.05, 0) is 6.92 Å². The SMILES string of the molecule is CCOC(=O)C(C=O)C(=O)c1ccccc1. The lowest BCUT2D eigenvalue weighted by atomic mass is 9.99. The highest BCUT2D eigenvalue weighted by Crippen LogP contribution is 2.08. The molecule has 1 unspecified atom stereocenters. The highest BCUT2D eigenvalue weighted by atomic mass is 16.5. The van der Waals surface area contributed by atoms with Gasteiger partial charge < -0.3 is 9.53 Å². The number of hydrogen-bond donors (Lipinski definition) is 0. The molecule has 84 valence electrons. The van der Waals surface area contributed by atoms with Crippen LogP contribution in [0.2, 0.25) is 0 Å². The topological polar surface area (TPSA) is 60.4 Å². The molecule has 0 spiro atoms. The maximum Gasteiger partial charge on any atom is 0.324 e. The molecule has 1 aromatic rings. The van der Waals surface area contributed by atoms with Gasteiger partial charge in [-0.1, -0.05) is 30.3 Å². The fraction of sp³-hybridized carbons (Fsp3) is 0.250. The average Bonchev–Trinajstić information content (AvgIpc) is 2.31. The van der Waals surface area contributed by atoms with Crippen molar-refractivity contribution in [2.24, 2.45) is 5.92 Å². The fourth-order valence-electron chi connectivity index (χ4n) is 1.24. The van der Waals surface area contributed by atoms with Crippen LogP contribution in [0.4, 0.5) is 0 Å². The monoisotopic (exact) mass is 220 g/mol. The minimum atomic E-state index is -1.36. The zero-order valence-corrected chi connectivity index (χ0v) is 8.88. The molecule has 0 N–H and O–H groups in total. The molecule has 1 rings (SSSR count). The Morgan fingerprint density at radius 3 is 2.44 bits per heavy atom. The van der Waals surface area contributed by atoms with Crippen LogP contribution in [-0.2, 0) is 14.3 Å². The normalized spacial score (nSPS) is 11.6. The van der Waals surface area contributed by atoms with Crippen LogP contribution in [0.3, 0.4) is 0 Å². The quantitative estimate of drug-likeness (QED) is 0.324. The van der Waals surface area contributed by atoms with E-state index < -0.39 is 17.7 Å². The van der Waals surface area contributed by atoms with E-state index in [-0.39, 0.29) is 6.61 Å². The highest BCUT2D eigenvalue weighted by Gasteiger charge is 2.28. The zero-order chi connectivity index (χ0) is 12.0. The van der Waals surface area contributed by atoms with Gasteiger partial charge in [0.05, 0.1) is 6.61 Å². The standard InChI is InChI=1S/C12H12O4/c1-2-16-12(15)10(8-13)11(14)9-6-4-3-5-7-9/h3-8,10H,2H2,1H3. The molecule has 4 heteroatoms. The Bertz CT molecular complexity index is 383. The number of carbonyl (C=O) groups excluding carboxylic acids is 3. The number of benzene rings is 1. The summed E-state index contributed by atoms with van der Waals surface area (Å²) in [5.74, 6) is -2.69. The number of esters is 1. The minimum absolute atomic E-state index is 0.144. The molecule has 0 aromatic heterocycles. The predicted octanol–water partition coefficient (Wildman–Crippen LogP) is 1.25. The fourth-order valence-corrected chi connectivity index (χ4v) is 1.24. The molecule has 1 aromatic carbocycles. The molecule has 0 aliphatic heterocycles. The molecule has 0 aliphatic carbocycles. The molecule has 0 fully saturated rings. The third kappa shape index (κ3) is 2.76. The summed E-state index contributed by atoms with van der Waals surface area (Å²) < 4.78 is 4.65. The Kier molecular flexibility index (Phi) is 4.39. The largest absolute Gasteiger partial charge is 0.465 e. The van der Waals surface area contributed by atoms with E-state index in [2.05, 4.69) is 4.74 Å². The summed E-state index contributed by atoms with van der Waals surface area (Å²) in [7, 11) is 0. The molecule has 0 amide bonds. The van der Waals surface area contributed by atoms with Crippen LogP contribution in [0.1, 0.15) is 17.3 Å². The first-order chi connectivity index (χ1) is 7.70. The highest BCUT2D eigenvalue weighted by molar-refractivity contribution is 6.17. The Morgan fingerprint density at radius 2 is 1.94 bits per heavy atom. The van der Waals surface area contributed by atoms with Crippen molar-refractivity contribution in [1.82, 2.24) is 0 Å². The smallest absolute Gasteiger partial charge is 0.324 e. The first kappa shape index (κ1) is 12.1. The lowest BCUT2D eigenvalue weighted by Crippen LogP contribution is -2.27. The maximum atomic E-state index is 11.8. The van der Waals surface area contributed by atoms with Gasteiger partial charge in [0.1, 0.15) is 6.29 Å². The van der Waals surface area contributed by atoms with E-state index in [1.54, 1.807) is 37.3 Å². The minimum Gasteiger partial charge on any atom is -0.465 e. The Morgan fingerprint density at radius 1 is 1.31 bits per heavy atom. The molecule has 0 bridgehead atoms. The second-order valence-corrected chi connectivity index (χ2v) is 3.10. The van der Waals surface area contributed by atoms with Crippen LogP contribution in [0.15, 0.2) is 30.3 Å². The summed E-state index contributed by atoms with van der Waals surface area (Å²) in [6, 6.07) is 8.19. The maximum absolute atomic E-state index is 11.8. The summed E-state index contributed by atoms with van der Waals surface area (Å²) in [4.78, 5) is 33.8. The molecule has 16 heavy (non-hydrogen) atoms. The molecular weight excluding hydrogens is 208 g/mol. The molecule has 4 nitrogen and oxygen atoms in total. The summed E-state index contributed by atoms with van der Waals surface area (Å²) in [6.07, 6.45) is 0.313. The van der Waals surface area contributed by atoms with E-state index in [9.17, 15) is 14.4 Å². The Balaban J connectivity index is 2.86. The summed E-state index contributed by atoms with van der Waals surface area (Å²) in [5.41, 5.74) is 0.327. The van der Waals surface area contributed by atoms with Gasteiger partial charge >= 0.3 is 5.97 Å². The van der Waals surface area contributed by atoms with Crippen LogP contribution in [0.25, 0.3) is 0 Å². The van der Waals surface area contributed by atoms with Gasteiger partial charge in [-0.15, -0.1) is 0 Å². The molecule has 0 radical (unpaired) electrons. The van der Waals surface area contributed by atoms with E-state index in [0.717, 1.165) is 0 Å². The second kappa shape index (κ2) is 5.80. The van der Waals surface area contributed by atoms with Crippen LogP contribution >= 0.6 is 0 Å². The Hall–Kier alpha value is -1.97. The van der Waals surface area contributed by atoms with Gasteiger partial charge in [-0.2, -0.15) is 0 Å². The average molecular weight is 220 g/mol.